The van der Waals surface area contributed by atoms with Gasteiger partial charge < -0.3 is 0 Å². The highest BCUT2D eigenvalue weighted by atomic mass is 79.9. The van der Waals surface area contributed by atoms with E-state index in [1.807, 2.05) is 6.08 Å². The summed E-state index contributed by atoms with van der Waals surface area (Å²) in [6, 6.07) is 0. The third kappa shape index (κ3) is 1.66. The van der Waals surface area contributed by atoms with E-state index in [0.717, 1.165) is 32.1 Å². The van der Waals surface area contributed by atoms with Gasteiger partial charge in [0, 0.05) is 22.6 Å². The molecule has 0 aromatic carbocycles. The Morgan fingerprint density at radius 2 is 1.87 bits per heavy atom. The van der Waals surface area contributed by atoms with E-state index in [-0.39, 0.29) is 10.8 Å². The van der Waals surface area contributed by atoms with E-state index in [9.17, 15) is 9.59 Å². The molecule has 0 aliphatic heterocycles. The normalized spacial score (nSPS) is 57.1. The Hall–Kier alpha value is -0.440. The number of hydrogen-bond donors (Lipinski definition) is 0. The van der Waals surface area contributed by atoms with Gasteiger partial charge in [0.15, 0.2) is 5.78 Å². The van der Waals surface area contributed by atoms with Gasteiger partial charge in [-0.05, 0) is 72.8 Å². The van der Waals surface area contributed by atoms with Gasteiger partial charge in [0.2, 0.25) is 0 Å². The average Bonchev–Trinajstić information content (AvgIpc) is 3.26. The van der Waals surface area contributed by atoms with Crippen LogP contribution >= 0.6 is 15.9 Å². The van der Waals surface area contributed by atoms with Crippen molar-refractivity contribution in [3.63, 3.8) is 0 Å². The lowest BCUT2D eigenvalue weighted by molar-refractivity contribution is -0.132. The molecule has 0 aromatic heterocycles. The van der Waals surface area contributed by atoms with Gasteiger partial charge in [0.25, 0.3) is 0 Å². The molecular formula is C20H25BrO2. The number of carbonyl (C=O) groups excluding carboxylic acids is 2. The lowest BCUT2D eigenvalue weighted by Crippen LogP contribution is -2.54. The second-order valence-electron chi connectivity index (χ2n) is 9.23. The van der Waals surface area contributed by atoms with Crippen LogP contribution in [-0.4, -0.2) is 16.4 Å². The first-order valence-corrected chi connectivity index (χ1v) is 10.2. The van der Waals surface area contributed by atoms with Crippen LogP contribution in [0, 0.1) is 40.4 Å². The van der Waals surface area contributed by atoms with Crippen molar-refractivity contribution in [2.75, 3.05) is 0 Å². The Bertz CT molecular complexity index is 652. The SMILES string of the molecule is C[C@]12CC[C@H]3[C@@H](C[C@H](Br)C4=CC(=O)[C@H]5CC5[C@@]43C)[C@@H]1CCC2=O. The van der Waals surface area contributed by atoms with Gasteiger partial charge in [-0.25, -0.2) is 0 Å². The Labute approximate surface area is 146 Å². The van der Waals surface area contributed by atoms with E-state index < -0.39 is 0 Å². The minimum atomic E-state index is -0.0566. The highest BCUT2D eigenvalue weighted by Crippen LogP contribution is 2.71. The van der Waals surface area contributed by atoms with Gasteiger partial charge in [0.1, 0.15) is 5.78 Å². The van der Waals surface area contributed by atoms with E-state index >= 15 is 0 Å². The number of fused-ring (bicyclic) bond motifs is 7. The third-order valence-corrected chi connectivity index (χ3v) is 9.45. The number of carbonyl (C=O) groups is 2. The predicted octanol–water partition coefficient (Wildman–Crippen LogP) is 4.32. The predicted molar refractivity (Wildman–Crippen MR) is 92.2 cm³/mol. The van der Waals surface area contributed by atoms with E-state index in [1.54, 1.807) is 0 Å². The molecule has 5 rings (SSSR count). The summed E-state index contributed by atoms with van der Waals surface area (Å²) in [4.78, 5) is 25.1. The second kappa shape index (κ2) is 4.39. The largest absolute Gasteiger partial charge is 0.299 e. The molecule has 0 radical (unpaired) electrons. The molecule has 0 N–H and O–H groups in total. The molecule has 0 saturated heterocycles. The Kier molecular flexibility index (Phi) is 2.84. The maximum absolute atomic E-state index is 12.5. The van der Waals surface area contributed by atoms with Gasteiger partial charge in [-0.3, -0.25) is 9.59 Å². The van der Waals surface area contributed by atoms with Crippen LogP contribution in [0.25, 0.3) is 0 Å². The molecule has 4 fully saturated rings. The molecule has 5 aliphatic rings. The second-order valence-corrected chi connectivity index (χ2v) is 10.3. The molecule has 0 heterocycles. The molecule has 3 heteroatoms. The maximum atomic E-state index is 12.5. The smallest absolute Gasteiger partial charge is 0.159 e. The van der Waals surface area contributed by atoms with Gasteiger partial charge in [-0.15, -0.1) is 0 Å². The molecule has 2 nitrogen and oxygen atoms in total. The Balaban J connectivity index is 1.59. The summed E-state index contributed by atoms with van der Waals surface area (Å²) in [5.41, 5.74) is 1.53. The van der Waals surface area contributed by atoms with Crippen LogP contribution in [0.15, 0.2) is 11.6 Å². The molecule has 124 valence electrons. The molecule has 23 heavy (non-hydrogen) atoms. The quantitative estimate of drug-likeness (QED) is 0.590. The number of ketones is 2. The molecule has 8 atom stereocenters. The van der Waals surface area contributed by atoms with Gasteiger partial charge >= 0.3 is 0 Å². The molecule has 0 aromatic rings. The molecule has 0 spiro atoms. The summed E-state index contributed by atoms with van der Waals surface area (Å²) < 4.78 is 0. The number of allylic oxidation sites excluding steroid dienone is 1. The molecule has 0 bridgehead atoms. The number of halogens is 1. The zero-order chi connectivity index (χ0) is 16.1. The van der Waals surface area contributed by atoms with Crippen molar-refractivity contribution in [1.29, 1.82) is 0 Å². The van der Waals surface area contributed by atoms with Crippen LogP contribution in [0.2, 0.25) is 0 Å². The van der Waals surface area contributed by atoms with Crippen LogP contribution in [0.3, 0.4) is 0 Å². The van der Waals surface area contributed by atoms with E-state index in [0.29, 0.717) is 46.0 Å². The van der Waals surface area contributed by atoms with Gasteiger partial charge in [-0.2, -0.15) is 0 Å². The summed E-state index contributed by atoms with van der Waals surface area (Å²) in [7, 11) is 0. The average molecular weight is 377 g/mol. The lowest BCUT2D eigenvalue weighted by atomic mass is 9.47. The fourth-order valence-corrected chi connectivity index (χ4v) is 8.27. The Morgan fingerprint density at radius 1 is 1.09 bits per heavy atom. The number of alkyl halides is 1. The molecular weight excluding hydrogens is 352 g/mol. The van der Waals surface area contributed by atoms with Crippen molar-refractivity contribution in [2.45, 2.75) is 57.2 Å². The van der Waals surface area contributed by atoms with Crippen molar-refractivity contribution >= 4 is 27.5 Å². The zero-order valence-electron chi connectivity index (χ0n) is 14.0. The minimum Gasteiger partial charge on any atom is -0.299 e. The highest BCUT2D eigenvalue weighted by molar-refractivity contribution is 9.09. The first-order valence-electron chi connectivity index (χ1n) is 9.30. The van der Waals surface area contributed by atoms with Crippen LogP contribution < -0.4 is 0 Å². The topological polar surface area (TPSA) is 34.1 Å². The fourth-order valence-electron chi connectivity index (χ4n) is 7.22. The molecule has 5 aliphatic carbocycles. The fraction of sp³-hybridized carbons (Fsp3) is 0.800. The van der Waals surface area contributed by atoms with Gasteiger partial charge in [0.05, 0.1) is 0 Å². The molecule has 1 unspecified atom stereocenters. The van der Waals surface area contributed by atoms with Crippen molar-refractivity contribution in [3.05, 3.63) is 11.6 Å². The third-order valence-electron chi connectivity index (χ3n) is 8.58. The van der Waals surface area contributed by atoms with Crippen LogP contribution in [0.5, 0.6) is 0 Å². The first kappa shape index (κ1) is 14.9. The summed E-state index contributed by atoms with van der Waals surface area (Å²) in [6.07, 6.45) is 8.34. The monoisotopic (exact) mass is 376 g/mol. The number of Topliss-reactive ketones (excluding diaryl/α,β-unsaturated/α-hetero) is 1. The maximum Gasteiger partial charge on any atom is 0.159 e. The van der Waals surface area contributed by atoms with Crippen molar-refractivity contribution in [3.8, 4) is 0 Å². The van der Waals surface area contributed by atoms with E-state index in [2.05, 4.69) is 29.8 Å². The number of hydrogen-bond acceptors (Lipinski definition) is 2. The minimum absolute atomic E-state index is 0.0566. The van der Waals surface area contributed by atoms with Crippen molar-refractivity contribution < 1.29 is 9.59 Å². The summed E-state index contributed by atoms with van der Waals surface area (Å²) in [5, 5.41) is 0. The summed E-state index contributed by atoms with van der Waals surface area (Å²) in [6.45, 7) is 4.69. The van der Waals surface area contributed by atoms with Crippen LogP contribution in [0.1, 0.15) is 52.4 Å². The molecule has 4 saturated carbocycles. The summed E-state index contributed by atoms with van der Waals surface area (Å²) in [5.74, 6) is 3.67. The highest BCUT2D eigenvalue weighted by Gasteiger charge is 2.67. The number of rotatable bonds is 0. The first-order chi connectivity index (χ1) is 10.9. The standard InChI is InChI=1S/C20H25BrO2/c1-19-6-5-13-10(12(19)3-4-18(19)23)8-16(21)15-9-17(22)11-7-14(11)20(13,15)2/h9-14,16H,3-8H2,1-2H3/t10-,11-,12-,13-,14?,16-,19-,20-/m0/s1. The molecule has 0 amide bonds. The van der Waals surface area contributed by atoms with Gasteiger partial charge in [-0.1, -0.05) is 29.8 Å². The van der Waals surface area contributed by atoms with Crippen LogP contribution in [0.4, 0.5) is 0 Å². The van der Waals surface area contributed by atoms with Crippen molar-refractivity contribution in [2.24, 2.45) is 40.4 Å². The van der Waals surface area contributed by atoms with E-state index in [1.165, 1.54) is 12.0 Å². The summed E-state index contributed by atoms with van der Waals surface area (Å²) >= 11 is 3.93. The van der Waals surface area contributed by atoms with E-state index in [4.69, 9.17) is 0 Å². The zero-order valence-corrected chi connectivity index (χ0v) is 15.6. The lowest BCUT2D eigenvalue weighted by Gasteiger charge is -2.58. The van der Waals surface area contributed by atoms with Crippen molar-refractivity contribution in [1.82, 2.24) is 0 Å². The van der Waals surface area contributed by atoms with Crippen LogP contribution in [-0.2, 0) is 9.59 Å². The Morgan fingerprint density at radius 3 is 2.65 bits per heavy atom.